The number of aliphatic hydroxyl groups is 2. The van der Waals surface area contributed by atoms with Crippen molar-refractivity contribution < 1.29 is 29.1 Å². The monoisotopic (exact) mass is 607 g/mol. The highest BCUT2D eigenvalue weighted by Crippen LogP contribution is 2.56. The van der Waals surface area contributed by atoms with Crippen molar-refractivity contribution in [2.45, 2.75) is 56.2 Å². The molecule has 4 aromatic rings. The summed E-state index contributed by atoms with van der Waals surface area (Å²) in [4.78, 5) is 42.7. The van der Waals surface area contributed by atoms with Crippen LogP contribution in [-0.2, 0) is 25.8 Å². The van der Waals surface area contributed by atoms with E-state index in [-0.39, 0.29) is 36.7 Å². The molecule has 220 valence electrons. The quantitative estimate of drug-likeness (QED) is 0.145. The van der Waals surface area contributed by atoms with E-state index in [1.807, 2.05) is 0 Å². The molecule has 2 fully saturated rings. The Hall–Kier alpha value is -3.02. The minimum atomic E-state index is -3.50. The van der Waals surface area contributed by atoms with Gasteiger partial charge in [-0.1, -0.05) is 6.92 Å². The highest BCUT2D eigenvalue weighted by atomic mass is 32.5. The van der Waals surface area contributed by atoms with E-state index in [1.54, 1.807) is 28.3 Å². The van der Waals surface area contributed by atoms with E-state index in [0.717, 1.165) is 0 Å². The number of hydrogen-bond acceptors (Lipinski definition) is 13. The lowest BCUT2D eigenvalue weighted by Gasteiger charge is -2.31. The van der Waals surface area contributed by atoms with Gasteiger partial charge in [0, 0.05) is 24.2 Å². The third-order valence-electron chi connectivity index (χ3n) is 7.77. The molecule has 0 saturated carbocycles. The maximum Gasteiger partial charge on any atom is 0.280 e. The second-order valence-electron chi connectivity index (χ2n) is 10.3. The number of aliphatic hydroxyl groups excluding tert-OH is 2. The minimum Gasteiger partial charge on any atom is -0.394 e. The highest BCUT2D eigenvalue weighted by Gasteiger charge is 2.46. The number of H-pyrrole nitrogens is 1. The molecule has 2 saturated heterocycles. The standard InChI is InChI=1S/C23H30N9O7PS/c1-10(13-4-11(6-33)38-22(13)32-9-28-17-20(32)29-23(25)30-21(17)35)40(36,41)37-7-15-14(34)5-16(39-15)31-3-2-12-18(24)26-8-27-19(12)31/h2-3,8-11,13-16,22,33-34H,4-7H2,1H3,(H,36,41)(H2,24,26,27)(H3,25,29,30,35)/t10-,11-,13-,14-,15+,16+,22+,40?/m0/s1. The molecule has 2 aliphatic heterocycles. The Morgan fingerprint density at radius 1 is 1.24 bits per heavy atom. The Balaban J connectivity index is 1.18. The summed E-state index contributed by atoms with van der Waals surface area (Å²) in [5.41, 5.74) is 11.4. The first-order chi connectivity index (χ1) is 19.6. The predicted octanol–water partition coefficient (Wildman–Crippen LogP) is -0.0198. The molecule has 6 rings (SSSR count). The maximum atomic E-state index is 12.3. The van der Waals surface area contributed by atoms with Crippen molar-refractivity contribution in [1.29, 1.82) is 0 Å². The van der Waals surface area contributed by atoms with Crippen molar-refractivity contribution in [3.8, 4) is 0 Å². The van der Waals surface area contributed by atoms with Crippen molar-refractivity contribution in [3.05, 3.63) is 35.3 Å². The Morgan fingerprint density at radius 2 is 2.05 bits per heavy atom. The first-order valence-electron chi connectivity index (χ1n) is 12.9. The summed E-state index contributed by atoms with van der Waals surface area (Å²) in [6.45, 7) is -2.15. The Bertz CT molecular complexity index is 1690. The van der Waals surface area contributed by atoms with Crippen LogP contribution < -0.4 is 17.0 Å². The highest BCUT2D eigenvalue weighted by molar-refractivity contribution is 8.09. The van der Waals surface area contributed by atoms with E-state index in [2.05, 4.69) is 24.9 Å². The zero-order chi connectivity index (χ0) is 29.1. The number of nitrogens with zero attached hydrogens (tertiary/aromatic N) is 6. The second-order valence-corrected chi connectivity index (χ2v) is 14.0. The topological polar surface area (TPSA) is 235 Å². The van der Waals surface area contributed by atoms with Crippen LogP contribution in [0, 0.1) is 5.92 Å². The number of nitrogens with two attached hydrogens (primary N) is 2. The van der Waals surface area contributed by atoms with Crippen LogP contribution in [-0.4, -0.2) is 86.3 Å². The van der Waals surface area contributed by atoms with Gasteiger partial charge in [0.15, 0.2) is 17.7 Å². The molecule has 0 bridgehead atoms. The predicted molar refractivity (Wildman–Crippen MR) is 150 cm³/mol. The maximum absolute atomic E-state index is 12.3. The smallest absolute Gasteiger partial charge is 0.280 e. The fourth-order valence-corrected chi connectivity index (χ4v) is 7.53. The van der Waals surface area contributed by atoms with E-state index in [9.17, 15) is 19.9 Å². The lowest BCUT2D eigenvalue weighted by atomic mass is 10.00. The van der Waals surface area contributed by atoms with Crippen molar-refractivity contribution in [1.82, 2.24) is 34.1 Å². The number of nitrogens with one attached hydrogen (secondary N) is 1. The molecule has 4 aromatic heterocycles. The summed E-state index contributed by atoms with van der Waals surface area (Å²) in [5.74, 6) is -0.172. The fourth-order valence-electron chi connectivity index (χ4n) is 5.53. The fraction of sp³-hybridized carbons (Fsp3) is 0.522. The summed E-state index contributed by atoms with van der Waals surface area (Å²) < 4.78 is 21.4. The summed E-state index contributed by atoms with van der Waals surface area (Å²) in [7, 11) is 0. The molecular formula is C23H30N9O7PS. The van der Waals surface area contributed by atoms with Gasteiger partial charge in [0.05, 0.1) is 37.1 Å². The van der Waals surface area contributed by atoms with Crippen LogP contribution in [0.5, 0.6) is 0 Å². The molecule has 2 aliphatic rings. The lowest BCUT2D eigenvalue weighted by Crippen LogP contribution is -2.29. The molecule has 0 aliphatic carbocycles. The van der Waals surface area contributed by atoms with Crippen LogP contribution in [0.4, 0.5) is 11.8 Å². The zero-order valence-electron chi connectivity index (χ0n) is 21.8. The largest absolute Gasteiger partial charge is 0.394 e. The molecule has 0 aromatic carbocycles. The third kappa shape index (κ3) is 5.02. The van der Waals surface area contributed by atoms with E-state index >= 15 is 0 Å². The first kappa shape index (κ1) is 28.1. The van der Waals surface area contributed by atoms with Gasteiger partial charge in [-0.2, -0.15) is 4.98 Å². The molecule has 0 amide bonds. The average Bonchev–Trinajstić information content (AvgIpc) is 3.71. The molecule has 16 nitrogen and oxygen atoms in total. The van der Waals surface area contributed by atoms with Gasteiger partial charge in [-0.15, -0.1) is 0 Å². The third-order valence-corrected chi connectivity index (χ3v) is 11.0. The van der Waals surface area contributed by atoms with Gasteiger partial charge in [-0.25, -0.2) is 15.0 Å². The van der Waals surface area contributed by atoms with Crippen LogP contribution in [0.25, 0.3) is 22.2 Å². The SMILES string of the molecule is C[C@@H]([C@@H]1C[C@@H](CO)O[C@H]1n1cnc2c(=O)[nH]c(N)nc21)P(O)(=S)OC[C@H]1O[C@@H](n2ccc3c(N)ncnc32)C[C@@H]1O. The summed E-state index contributed by atoms with van der Waals surface area (Å²) in [5, 5.41) is 21.2. The van der Waals surface area contributed by atoms with E-state index in [0.29, 0.717) is 23.3 Å². The van der Waals surface area contributed by atoms with Gasteiger partial charge >= 0.3 is 0 Å². The number of anilines is 2. The van der Waals surface area contributed by atoms with Gasteiger partial charge in [-0.3, -0.25) is 14.3 Å². The van der Waals surface area contributed by atoms with Crippen molar-refractivity contribution in [3.63, 3.8) is 0 Å². The number of hydrogen-bond donors (Lipinski definition) is 6. The molecule has 18 heteroatoms. The Morgan fingerprint density at radius 3 is 2.83 bits per heavy atom. The number of fused-ring (bicyclic) bond motifs is 2. The van der Waals surface area contributed by atoms with Crippen LogP contribution in [0.1, 0.15) is 32.2 Å². The molecule has 41 heavy (non-hydrogen) atoms. The number of rotatable bonds is 8. The first-order valence-corrected chi connectivity index (χ1v) is 15.7. The average molecular weight is 608 g/mol. The Labute approximate surface area is 237 Å². The number of nitrogen functional groups attached to an aromatic ring is 2. The molecular weight excluding hydrogens is 577 g/mol. The molecule has 6 heterocycles. The molecule has 8 N–H and O–H groups in total. The number of imidazole rings is 1. The molecule has 1 unspecified atom stereocenters. The van der Waals surface area contributed by atoms with Gasteiger partial charge in [0.2, 0.25) is 5.95 Å². The number of ether oxygens (including phenoxy) is 2. The normalized spacial score (nSPS) is 28.9. The molecule has 8 atom stereocenters. The zero-order valence-corrected chi connectivity index (χ0v) is 23.6. The van der Waals surface area contributed by atoms with E-state index < -0.39 is 54.4 Å². The van der Waals surface area contributed by atoms with E-state index in [1.165, 1.54) is 12.7 Å². The summed E-state index contributed by atoms with van der Waals surface area (Å²) >= 11 is 5.59. The van der Waals surface area contributed by atoms with E-state index in [4.69, 9.17) is 37.3 Å². The van der Waals surface area contributed by atoms with Crippen molar-refractivity contribution in [2.24, 2.45) is 5.92 Å². The molecule has 0 radical (unpaired) electrons. The van der Waals surface area contributed by atoms with Gasteiger partial charge in [-0.05, 0) is 24.3 Å². The summed E-state index contributed by atoms with van der Waals surface area (Å²) in [6.07, 6.45) is 1.70. The minimum absolute atomic E-state index is 0.0767. The van der Waals surface area contributed by atoms with Gasteiger partial charge in [0.1, 0.15) is 36.4 Å². The Kier molecular flexibility index (Phi) is 7.32. The van der Waals surface area contributed by atoms with Crippen molar-refractivity contribution in [2.75, 3.05) is 24.7 Å². The van der Waals surface area contributed by atoms with Crippen LogP contribution in [0.3, 0.4) is 0 Å². The number of aromatic amines is 1. The van der Waals surface area contributed by atoms with Crippen LogP contribution >= 0.6 is 6.49 Å². The van der Waals surface area contributed by atoms with Crippen LogP contribution in [0.2, 0.25) is 0 Å². The number of aromatic nitrogens is 7. The van der Waals surface area contributed by atoms with Crippen molar-refractivity contribution >= 4 is 52.3 Å². The van der Waals surface area contributed by atoms with Gasteiger partial charge in [0.25, 0.3) is 5.56 Å². The van der Waals surface area contributed by atoms with Gasteiger partial charge < -0.3 is 45.1 Å². The summed E-state index contributed by atoms with van der Waals surface area (Å²) in [6, 6.07) is 1.78. The molecule has 0 spiro atoms. The lowest BCUT2D eigenvalue weighted by molar-refractivity contribution is -0.0395. The second kappa shape index (κ2) is 10.7. The van der Waals surface area contributed by atoms with Crippen LogP contribution in [0.15, 0.2) is 29.7 Å².